The quantitative estimate of drug-likeness (QED) is 0.0479. The number of halogens is 3. The molecule has 4 fully saturated rings. The summed E-state index contributed by atoms with van der Waals surface area (Å²) >= 11 is 9.44. The Labute approximate surface area is 477 Å². The van der Waals surface area contributed by atoms with Gasteiger partial charge in [-0.05, 0) is 93.2 Å². The number of aliphatic hydroxyl groups excluding tert-OH is 1. The molecule has 0 saturated carbocycles. The van der Waals surface area contributed by atoms with Crippen molar-refractivity contribution in [3.8, 4) is 33.6 Å². The van der Waals surface area contributed by atoms with E-state index in [0.717, 1.165) is 78.2 Å². The molecule has 3 aromatic heterocycles. The molecule has 10 rings (SSSR count). The monoisotopic (exact) mass is 1150 g/mol. The van der Waals surface area contributed by atoms with Crippen molar-refractivity contribution in [1.82, 2.24) is 40.7 Å². The number of aliphatic hydroxyl groups is 1. The Morgan fingerprint density at radius 3 is 2.50 bits per heavy atom. The minimum atomic E-state index is -0.940. The maximum Gasteiger partial charge on any atom is 0.319 e. The highest BCUT2D eigenvalue weighted by Gasteiger charge is 2.45. The summed E-state index contributed by atoms with van der Waals surface area (Å²) in [7, 11) is 0. The maximum atomic E-state index is 17.3. The molecule has 7 heterocycles. The van der Waals surface area contributed by atoms with Crippen LogP contribution in [0.5, 0.6) is 6.01 Å². The van der Waals surface area contributed by atoms with Crippen LogP contribution in [0.2, 0.25) is 5.02 Å². The van der Waals surface area contributed by atoms with E-state index in [2.05, 4.69) is 41.8 Å². The Balaban J connectivity index is 0.718. The van der Waals surface area contributed by atoms with Gasteiger partial charge in [0.15, 0.2) is 5.82 Å². The van der Waals surface area contributed by atoms with Crippen LogP contribution < -0.4 is 31.3 Å². The van der Waals surface area contributed by atoms with Gasteiger partial charge in [-0.1, -0.05) is 62.7 Å². The minimum Gasteiger partial charge on any atom is -0.462 e. The second-order valence-corrected chi connectivity index (χ2v) is 25.0. The van der Waals surface area contributed by atoms with Crippen LogP contribution in [0, 0.1) is 35.3 Å². The molecule has 3 aromatic carbocycles. The minimum absolute atomic E-state index is 0.000358. The standard InChI is InChI=1S/C58H68ClF2N11O6S2/c1-31(33-11-13-34(14-12-33)50-32(2)64-30-79-50)65-55(75)44-23-38(73)28-72(44)56(76)52(58(3,4)5)67-45(74)10-7-21-77-22-8-20-70-19-6-9-37(70)29-78-57-68-49-40(54(69-57)71-26-35-15-16-36(27-71)66-35)24-42(59)47(48(49)61)39-17-18-43(60)51-46(39)41(25-62)53(63)80-51/h11-14,17-18,24,30-31,35-38,44,52,66,73H,6-10,15-16,19-23,26-29,63H2,1-5H3,(H,65,75)(H,67,74)/t31-,35?,36?,37-,38+,44-,52+/m0/s1. The number of carbonyl (C=O) groups is 3. The lowest BCUT2D eigenvalue weighted by atomic mass is 9.85. The Morgan fingerprint density at radius 2 is 1.79 bits per heavy atom. The molecule has 424 valence electrons. The number of anilines is 2. The van der Waals surface area contributed by atoms with Gasteiger partial charge >= 0.3 is 6.01 Å². The molecule has 17 nitrogen and oxygen atoms in total. The number of aromatic nitrogens is 3. The number of β-amino-alcohol motifs (C(OH)–C–C–N with tert-alkyl or cyclic N) is 1. The third kappa shape index (κ3) is 12.1. The fourth-order valence-corrected chi connectivity index (χ4v) is 13.9. The number of carbonyl (C=O) groups excluding carboxylic acids is 3. The first-order valence-electron chi connectivity index (χ1n) is 27.5. The van der Waals surface area contributed by atoms with E-state index >= 15 is 8.78 Å². The van der Waals surface area contributed by atoms with Gasteiger partial charge in [0.1, 0.15) is 46.9 Å². The first kappa shape index (κ1) is 57.1. The molecule has 4 saturated heterocycles. The average molecular weight is 1150 g/mol. The number of benzene rings is 3. The number of fused-ring (bicyclic) bond motifs is 4. The number of thiazole rings is 1. The summed E-state index contributed by atoms with van der Waals surface area (Å²) in [6, 6.07) is 12.6. The Hall–Kier alpha value is -6.12. The number of ether oxygens (including phenoxy) is 2. The van der Waals surface area contributed by atoms with Crippen LogP contribution in [0.4, 0.5) is 19.6 Å². The van der Waals surface area contributed by atoms with Crippen LogP contribution in [-0.2, 0) is 19.1 Å². The van der Waals surface area contributed by atoms with E-state index < -0.39 is 41.1 Å². The van der Waals surface area contributed by atoms with Gasteiger partial charge in [-0.2, -0.15) is 15.2 Å². The number of likely N-dealkylation sites (tertiary alicyclic amines) is 2. The Kier molecular flexibility index (Phi) is 17.2. The molecule has 22 heteroatoms. The van der Waals surface area contributed by atoms with Gasteiger partial charge in [-0.15, -0.1) is 22.7 Å². The summed E-state index contributed by atoms with van der Waals surface area (Å²) in [5.74, 6) is -1.90. The van der Waals surface area contributed by atoms with Crippen molar-refractivity contribution >= 4 is 83.8 Å². The van der Waals surface area contributed by atoms with Gasteiger partial charge < -0.3 is 46.1 Å². The summed E-state index contributed by atoms with van der Waals surface area (Å²) in [4.78, 5) is 62.3. The summed E-state index contributed by atoms with van der Waals surface area (Å²) in [5, 5.41) is 31.2. The smallest absolute Gasteiger partial charge is 0.319 e. The number of thiophene rings is 1. The van der Waals surface area contributed by atoms with E-state index in [1.165, 1.54) is 17.0 Å². The number of nitriles is 1. The number of nitrogens with one attached hydrogen (secondary N) is 3. The number of nitrogens with two attached hydrogens (primary N) is 1. The zero-order valence-electron chi connectivity index (χ0n) is 45.6. The van der Waals surface area contributed by atoms with Crippen molar-refractivity contribution < 1.29 is 37.7 Å². The number of hydrogen-bond donors (Lipinski definition) is 5. The Bertz CT molecular complexity index is 3320. The molecule has 4 aliphatic heterocycles. The molecular weight excluding hydrogens is 1080 g/mol. The van der Waals surface area contributed by atoms with Crippen LogP contribution >= 0.6 is 34.3 Å². The molecule has 2 bridgehead atoms. The Morgan fingerprint density at radius 1 is 1.04 bits per heavy atom. The molecule has 0 aliphatic carbocycles. The summed E-state index contributed by atoms with van der Waals surface area (Å²) in [6.07, 6.45) is 4.38. The normalized spacial score (nSPS) is 21.1. The molecule has 0 radical (unpaired) electrons. The average Bonchev–Trinajstić information content (AvgIpc) is 4.39. The molecule has 4 aliphatic rings. The van der Waals surface area contributed by atoms with Crippen LogP contribution in [0.15, 0.2) is 48.0 Å². The molecule has 7 atom stereocenters. The number of amides is 3. The van der Waals surface area contributed by atoms with Crippen LogP contribution in [0.25, 0.3) is 42.6 Å². The van der Waals surface area contributed by atoms with E-state index in [9.17, 15) is 24.8 Å². The molecule has 80 heavy (non-hydrogen) atoms. The topological polar surface area (TPSA) is 224 Å². The van der Waals surface area contributed by atoms with Crippen molar-refractivity contribution in [3.05, 3.63) is 81.5 Å². The number of rotatable bonds is 19. The van der Waals surface area contributed by atoms with E-state index in [4.69, 9.17) is 31.8 Å². The number of nitrogens with zero attached hydrogens (tertiary/aromatic N) is 7. The zero-order valence-corrected chi connectivity index (χ0v) is 48.0. The van der Waals surface area contributed by atoms with E-state index in [1.54, 1.807) is 17.4 Å². The van der Waals surface area contributed by atoms with Crippen LogP contribution in [0.3, 0.4) is 0 Å². The highest BCUT2D eigenvalue weighted by molar-refractivity contribution is 7.23. The van der Waals surface area contributed by atoms with Crippen molar-refractivity contribution in [2.45, 2.75) is 128 Å². The number of aryl methyl sites for hydroxylation is 1. The first-order valence-corrected chi connectivity index (χ1v) is 29.6. The summed E-state index contributed by atoms with van der Waals surface area (Å²) in [5.41, 5.74) is 10.4. The van der Waals surface area contributed by atoms with Gasteiger partial charge in [-0.3, -0.25) is 19.3 Å². The van der Waals surface area contributed by atoms with Gasteiger partial charge in [0, 0.05) is 86.7 Å². The highest BCUT2D eigenvalue weighted by Crippen LogP contribution is 2.46. The highest BCUT2D eigenvalue weighted by atomic mass is 35.5. The summed E-state index contributed by atoms with van der Waals surface area (Å²) in [6.45, 7) is 13.4. The fraction of sp³-hybridized carbons (Fsp3) is 0.500. The van der Waals surface area contributed by atoms with Gasteiger partial charge in [0.05, 0.1) is 43.5 Å². The van der Waals surface area contributed by atoms with Gasteiger partial charge in [-0.25, -0.2) is 13.8 Å². The molecule has 6 aromatic rings. The third-order valence-corrected chi connectivity index (χ3v) is 18.3. The lowest BCUT2D eigenvalue weighted by Crippen LogP contribution is -2.57. The van der Waals surface area contributed by atoms with Crippen molar-refractivity contribution in [3.63, 3.8) is 0 Å². The molecule has 2 unspecified atom stereocenters. The predicted molar refractivity (Wildman–Crippen MR) is 308 cm³/mol. The second kappa shape index (κ2) is 24.1. The molecule has 6 N–H and O–H groups in total. The largest absolute Gasteiger partial charge is 0.462 e. The van der Waals surface area contributed by atoms with Crippen molar-refractivity contribution in [2.75, 3.05) is 63.2 Å². The molecule has 3 amide bonds. The van der Waals surface area contributed by atoms with E-state index in [-0.39, 0.29) is 110 Å². The van der Waals surface area contributed by atoms with E-state index in [1.807, 2.05) is 64.4 Å². The van der Waals surface area contributed by atoms with E-state index in [0.29, 0.717) is 43.9 Å². The van der Waals surface area contributed by atoms with Crippen LogP contribution in [-0.4, -0.2) is 136 Å². The third-order valence-electron chi connectivity index (χ3n) is 15.9. The SMILES string of the molecule is Cc1ncsc1-c1ccc([C@H](C)NC(=O)[C@@H]2C[C@@H](O)CN2C(=O)[C@@H](NC(=O)CCCOCCCN2CCC[C@H]2COc2nc(N3CC4CCC(C3)N4)c3cc(Cl)c(-c4ccc(F)c5sc(N)c(C#N)c45)c(F)c3n2)C(C)(C)C)cc1. The number of piperazine rings is 1. The molecular formula is C58H68ClF2N11O6S2. The lowest BCUT2D eigenvalue weighted by Gasteiger charge is -2.35. The van der Waals surface area contributed by atoms with Crippen molar-refractivity contribution in [1.29, 1.82) is 5.26 Å². The fourth-order valence-electron chi connectivity index (χ4n) is 11.8. The van der Waals surface area contributed by atoms with Gasteiger partial charge in [0.2, 0.25) is 17.7 Å². The number of hydrogen-bond acceptors (Lipinski definition) is 16. The molecule has 0 spiro atoms. The predicted octanol–water partition coefficient (Wildman–Crippen LogP) is 8.67. The van der Waals surface area contributed by atoms with Crippen molar-refractivity contribution in [2.24, 2.45) is 5.41 Å². The summed E-state index contributed by atoms with van der Waals surface area (Å²) < 4.78 is 44.9. The zero-order chi connectivity index (χ0) is 56.6. The lowest BCUT2D eigenvalue weighted by molar-refractivity contribution is -0.144. The first-order chi connectivity index (χ1) is 38.4. The maximum absolute atomic E-state index is 17.3. The van der Waals surface area contributed by atoms with Gasteiger partial charge in [0.25, 0.3) is 0 Å². The van der Waals surface area contributed by atoms with Crippen LogP contribution in [0.1, 0.15) is 102 Å². The number of nitrogen functional groups attached to an aromatic ring is 1. The second-order valence-electron chi connectivity index (χ2n) is 22.7.